The highest BCUT2D eigenvalue weighted by Crippen LogP contribution is 2.34. The van der Waals surface area contributed by atoms with Crippen LogP contribution in [-0.4, -0.2) is 43.0 Å². The fourth-order valence-electron chi connectivity index (χ4n) is 3.12. The van der Waals surface area contributed by atoms with Gasteiger partial charge in [0.15, 0.2) is 0 Å². The highest BCUT2D eigenvalue weighted by molar-refractivity contribution is 6.01. The first-order valence-corrected chi connectivity index (χ1v) is 8.30. The van der Waals surface area contributed by atoms with Crippen LogP contribution in [0.15, 0.2) is 18.2 Å². The van der Waals surface area contributed by atoms with Crippen LogP contribution in [0.1, 0.15) is 39.5 Å². The van der Waals surface area contributed by atoms with Crippen molar-refractivity contribution in [2.24, 2.45) is 0 Å². The molecule has 1 atom stereocenters. The summed E-state index contributed by atoms with van der Waals surface area (Å²) in [5, 5.41) is 2.91. The summed E-state index contributed by atoms with van der Waals surface area (Å²) in [4.78, 5) is 27.0. The number of hydrogen-bond donors (Lipinski definition) is 1. The van der Waals surface area contributed by atoms with Gasteiger partial charge in [0, 0.05) is 19.0 Å². The van der Waals surface area contributed by atoms with Gasteiger partial charge in [-0.15, -0.1) is 0 Å². The van der Waals surface area contributed by atoms with Gasteiger partial charge in [-0.05, 0) is 38.3 Å². The van der Waals surface area contributed by atoms with Crippen molar-refractivity contribution in [2.45, 2.75) is 45.1 Å². The van der Waals surface area contributed by atoms with E-state index in [0.717, 1.165) is 12.8 Å². The molecule has 1 heterocycles. The molecule has 0 bridgehead atoms. The van der Waals surface area contributed by atoms with Crippen LogP contribution >= 0.6 is 0 Å². The Hall–Kier alpha value is -2.24. The highest BCUT2D eigenvalue weighted by Gasteiger charge is 2.45. The SMILES string of the molecule is CCCC(=O)N1CCCC1(C)C(=O)Nc1cc(OC)ccc1OC. The summed E-state index contributed by atoms with van der Waals surface area (Å²) >= 11 is 0. The monoisotopic (exact) mass is 334 g/mol. The predicted octanol–water partition coefficient (Wildman–Crippen LogP) is 2.82. The molecular weight excluding hydrogens is 308 g/mol. The number of methoxy groups -OCH3 is 2. The van der Waals surface area contributed by atoms with Crippen LogP contribution in [0.3, 0.4) is 0 Å². The Labute approximate surface area is 143 Å². The molecule has 132 valence electrons. The number of nitrogens with one attached hydrogen (secondary N) is 1. The Bertz CT molecular complexity index is 617. The van der Waals surface area contributed by atoms with E-state index >= 15 is 0 Å². The molecule has 1 fully saturated rings. The third kappa shape index (κ3) is 3.47. The molecule has 24 heavy (non-hydrogen) atoms. The molecule has 1 aromatic rings. The van der Waals surface area contributed by atoms with Crippen molar-refractivity contribution >= 4 is 17.5 Å². The van der Waals surface area contributed by atoms with Gasteiger partial charge in [0.05, 0.1) is 19.9 Å². The van der Waals surface area contributed by atoms with Gasteiger partial charge in [-0.3, -0.25) is 9.59 Å². The molecule has 2 rings (SSSR count). The first-order chi connectivity index (χ1) is 11.5. The van der Waals surface area contributed by atoms with Crippen molar-refractivity contribution in [3.8, 4) is 11.5 Å². The third-order valence-electron chi connectivity index (χ3n) is 4.55. The van der Waals surface area contributed by atoms with Crippen LogP contribution < -0.4 is 14.8 Å². The maximum atomic E-state index is 12.9. The van der Waals surface area contributed by atoms with Gasteiger partial charge < -0.3 is 19.7 Å². The van der Waals surface area contributed by atoms with Crippen molar-refractivity contribution < 1.29 is 19.1 Å². The van der Waals surface area contributed by atoms with E-state index in [1.807, 2.05) is 13.8 Å². The third-order valence-corrected chi connectivity index (χ3v) is 4.55. The summed E-state index contributed by atoms with van der Waals surface area (Å²) in [6.45, 7) is 4.42. The van der Waals surface area contributed by atoms with E-state index < -0.39 is 5.54 Å². The molecule has 1 saturated heterocycles. The van der Waals surface area contributed by atoms with Gasteiger partial charge in [-0.2, -0.15) is 0 Å². The van der Waals surface area contributed by atoms with Gasteiger partial charge in [-0.25, -0.2) is 0 Å². The summed E-state index contributed by atoms with van der Waals surface area (Å²) in [6, 6.07) is 5.22. The molecule has 0 saturated carbocycles. The zero-order chi connectivity index (χ0) is 17.7. The summed E-state index contributed by atoms with van der Waals surface area (Å²) in [5.74, 6) is 1.01. The van der Waals surface area contributed by atoms with Gasteiger partial charge in [-0.1, -0.05) is 6.92 Å². The zero-order valence-electron chi connectivity index (χ0n) is 14.8. The molecule has 0 radical (unpaired) electrons. The minimum absolute atomic E-state index is 0.0326. The molecule has 1 unspecified atom stereocenters. The molecule has 1 aromatic carbocycles. The van der Waals surface area contributed by atoms with Crippen LogP contribution in [0.25, 0.3) is 0 Å². The van der Waals surface area contributed by atoms with Crippen molar-refractivity contribution in [3.05, 3.63) is 18.2 Å². The summed E-state index contributed by atoms with van der Waals surface area (Å²) < 4.78 is 10.5. The largest absolute Gasteiger partial charge is 0.497 e. The normalized spacial score (nSPS) is 19.9. The average molecular weight is 334 g/mol. The predicted molar refractivity (Wildman–Crippen MR) is 92.4 cm³/mol. The number of carbonyl (C=O) groups excluding carboxylic acids is 2. The maximum absolute atomic E-state index is 12.9. The van der Waals surface area contributed by atoms with E-state index in [9.17, 15) is 9.59 Å². The molecule has 6 nitrogen and oxygen atoms in total. The molecule has 1 N–H and O–H groups in total. The minimum Gasteiger partial charge on any atom is -0.497 e. The number of likely N-dealkylation sites (tertiary alicyclic amines) is 1. The average Bonchev–Trinajstić information content (AvgIpc) is 2.98. The number of amides is 2. The highest BCUT2D eigenvalue weighted by atomic mass is 16.5. The number of hydrogen-bond acceptors (Lipinski definition) is 4. The van der Waals surface area contributed by atoms with Crippen molar-refractivity contribution in [3.63, 3.8) is 0 Å². The van der Waals surface area contributed by atoms with Gasteiger partial charge >= 0.3 is 0 Å². The van der Waals surface area contributed by atoms with Crippen LogP contribution in [-0.2, 0) is 9.59 Å². The number of rotatable bonds is 6. The second-order valence-corrected chi connectivity index (χ2v) is 6.19. The molecular formula is C18H26N2O4. The number of carbonyl (C=O) groups is 2. The van der Waals surface area contributed by atoms with E-state index in [4.69, 9.17) is 9.47 Å². The number of ether oxygens (including phenoxy) is 2. The Kier molecular flexibility index (Phi) is 5.70. The number of anilines is 1. The second-order valence-electron chi connectivity index (χ2n) is 6.19. The summed E-state index contributed by atoms with van der Waals surface area (Å²) in [6.07, 6.45) is 2.72. The second kappa shape index (κ2) is 7.55. The quantitative estimate of drug-likeness (QED) is 0.868. The van der Waals surface area contributed by atoms with Crippen LogP contribution in [0.5, 0.6) is 11.5 Å². The lowest BCUT2D eigenvalue weighted by Gasteiger charge is -2.34. The smallest absolute Gasteiger partial charge is 0.250 e. The molecule has 6 heteroatoms. The molecule has 0 aliphatic carbocycles. The van der Waals surface area contributed by atoms with Crippen LogP contribution in [0.2, 0.25) is 0 Å². The Balaban J connectivity index is 2.23. The van der Waals surface area contributed by atoms with Crippen molar-refractivity contribution in [2.75, 3.05) is 26.1 Å². The molecule has 1 aliphatic heterocycles. The van der Waals surface area contributed by atoms with E-state index in [0.29, 0.717) is 36.6 Å². The maximum Gasteiger partial charge on any atom is 0.250 e. The lowest BCUT2D eigenvalue weighted by Crippen LogP contribution is -2.53. The standard InChI is InChI=1S/C18H26N2O4/c1-5-7-16(21)20-11-6-10-18(20,2)17(22)19-14-12-13(23-3)8-9-15(14)24-4/h8-9,12H,5-7,10-11H2,1-4H3,(H,19,22). The van der Waals surface area contributed by atoms with E-state index in [1.165, 1.54) is 0 Å². The summed E-state index contributed by atoms with van der Waals surface area (Å²) in [5.41, 5.74) is -0.293. The van der Waals surface area contributed by atoms with Gasteiger partial charge in [0.1, 0.15) is 17.0 Å². The van der Waals surface area contributed by atoms with E-state index in [-0.39, 0.29) is 11.8 Å². The lowest BCUT2D eigenvalue weighted by atomic mass is 9.97. The topological polar surface area (TPSA) is 67.9 Å². The van der Waals surface area contributed by atoms with Crippen LogP contribution in [0, 0.1) is 0 Å². The van der Waals surface area contributed by atoms with Crippen molar-refractivity contribution in [1.29, 1.82) is 0 Å². The zero-order valence-corrected chi connectivity index (χ0v) is 14.8. The van der Waals surface area contributed by atoms with Crippen LogP contribution in [0.4, 0.5) is 5.69 Å². The number of nitrogens with zero attached hydrogens (tertiary/aromatic N) is 1. The summed E-state index contributed by atoms with van der Waals surface area (Å²) in [7, 11) is 3.11. The Morgan fingerprint density at radius 1 is 1.29 bits per heavy atom. The molecule has 0 spiro atoms. The first kappa shape index (κ1) is 18.1. The van der Waals surface area contributed by atoms with Crippen molar-refractivity contribution in [1.82, 2.24) is 4.90 Å². The number of benzene rings is 1. The first-order valence-electron chi connectivity index (χ1n) is 8.30. The molecule has 0 aromatic heterocycles. The molecule has 1 aliphatic rings. The van der Waals surface area contributed by atoms with Gasteiger partial charge in [0.25, 0.3) is 0 Å². The Morgan fingerprint density at radius 3 is 2.67 bits per heavy atom. The Morgan fingerprint density at radius 2 is 2.04 bits per heavy atom. The van der Waals surface area contributed by atoms with E-state index in [1.54, 1.807) is 37.3 Å². The lowest BCUT2D eigenvalue weighted by molar-refractivity contribution is -0.141. The van der Waals surface area contributed by atoms with E-state index in [2.05, 4.69) is 5.32 Å². The van der Waals surface area contributed by atoms with Gasteiger partial charge in [0.2, 0.25) is 11.8 Å². The fourth-order valence-corrected chi connectivity index (χ4v) is 3.12. The fraction of sp³-hybridized carbons (Fsp3) is 0.556. The minimum atomic E-state index is -0.833. The molecule has 2 amide bonds.